The van der Waals surface area contributed by atoms with Crippen molar-refractivity contribution in [3.63, 3.8) is 0 Å². The first-order chi connectivity index (χ1) is 17.8. The van der Waals surface area contributed by atoms with E-state index in [-0.39, 0.29) is 16.7 Å². The van der Waals surface area contributed by atoms with Crippen LogP contribution in [-0.4, -0.2) is 10.5 Å². The summed E-state index contributed by atoms with van der Waals surface area (Å²) < 4.78 is 47.9. The molecule has 0 N–H and O–H groups in total. The molecule has 0 saturated carbocycles. The van der Waals surface area contributed by atoms with Crippen molar-refractivity contribution in [1.82, 2.24) is 4.57 Å². The quantitative estimate of drug-likeness (QED) is 0.367. The van der Waals surface area contributed by atoms with Gasteiger partial charge in [0.1, 0.15) is 12.4 Å². The van der Waals surface area contributed by atoms with Crippen molar-refractivity contribution >= 4 is 23.4 Å². The van der Waals surface area contributed by atoms with Crippen LogP contribution in [0.25, 0.3) is 6.08 Å². The number of thiazole rings is 1. The Balaban J connectivity index is 1.62. The maximum Gasteiger partial charge on any atom is 0.338 e. The summed E-state index contributed by atoms with van der Waals surface area (Å²) >= 11 is 1.05. The Morgan fingerprint density at radius 3 is 2.46 bits per heavy atom. The molecule has 1 aromatic heterocycles. The Morgan fingerprint density at radius 1 is 1.03 bits per heavy atom. The van der Waals surface area contributed by atoms with Crippen LogP contribution >= 0.6 is 11.3 Å². The summed E-state index contributed by atoms with van der Waals surface area (Å²) in [4.78, 5) is 31.6. The van der Waals surface area contributed by atoms with Crippen LogP contribution in [0.3, 0.4) is 0 Å². The minimum atomic E-state index is -1.04. The second-order valence-corrected chi connectivity index (χ2v) is 9.38. The van der Waals surface area contributed by atoms with Gasteiger partial charge < -0.3 is 4.74 Å². The molecule has 37 heavy (non-hydrogen) atoms. The summed E-state index contributed by atoms with van der Waals surface area (Å²) in [5, 5.41) is 0. The van der Waals surface area contributed by atoms with Gasteiger partial charge in [-0.15, -0.1) is 0 Å². The molecule has 4 aromatic rings. The summed E-state index contributed by atoms with van der Waals surface area (Å²) in [6, 6.07) is 17.0. The fraction of sp³-hybridized carbons (Fsp3) is 0.107. The van der Waals surface area contributed by atoms with E-state index in [1.807, 2.05) is 30.3 Å². The number of carbonyl (C=O) groups is 1. The molecular weight excluding hydrogens is 501 g/mol. The van der Waals surface area contributed by atoms with E-state index in [1.54, 1.807) is 6.92 Å². The Bertz CT molecular complexity index is 1710. The third-order valence-electron chi connectivity index (χ3n) is 5.88. The lowest BCUT2D eigenvalue weighted by atomic mass is 9.96. The van der Waals surface area contributed by atoms with Gasteiger partial charge in [0, 0.05) is 0 Å². The van der Waals surface area contributed by atoms with Crippen LogP contribution < -0.4 is 14.9 Å². The van der Waals surface area contributed by atoms with Crippen molar-refractivity contribution < 1.29 is 22.7 Å². The van der Waals surface area contributed by atoms with Crippen LogP contribution in [0.1, 0.15) is 29.7 Å². The number of esters is 1. The van der Waals surface area contributed by atoms with E-state index in [4.69, 9.17) is 4.74 Å². The lowest BCUT2D eigenvalue weighted by Crippen LogP contribution is -2.39. The average molecular weight is 521 g/mol. The Hall–Kier alpha value is -4.24. The third kappa shape index (κ3) is 4.90. The monoisotopic (exact) mass is 520 g/mol. The fourth-order valence-corrected chi connectivity index (χ4v) is 5.14. The number of hydrogen-bond donors (Lipinski definition) is 0. The van der Waals surface area contributed by atoms with Crippen molar-refractivity contribution in [3.8, 4) is 0 Å². The summed E-state index contributed by atoms with van der Waals surface area (Å²) in [6.07, 6.45) is 1.43. The Labute approximate surface area is 213 Å². The molecule has 1 aliphatic rings. The highest BCUT2D eigenvalue weighted by atomic mass is 32.1. The lowest BCUT2D eigenvalue weighted by molar-refractivity contribution is -0.140. The molecule has 186 valence electrons. The molecule has 1 unspecified atom stereocenters. The lowest BCUT2D eigenvalue weighted by Gasteiger charge is -2.24. The SMILES string of the molecule is CC1=C(C(=O)OCc2ccccc2)C(c2ccc(F)cc2)n2c(s/c(=C\c3ccc(F)c(F)c3)c2=O)=N1. The first kappa shape index (κ1) is 24.5. The molecule has 1 aliphatic heterocycles. The molecule has 1 atom stereocenters. The molecular formula is C28H19F3N2O3S. The van der Waals surface area contributed by atoms with Crippen LogP contribution in [0, 0.1) is 17.5 Å². The predicted octanol–water partition coefficient (Wildman–Crippen LogP) is 4.40. The zero-order valence-corrected chi connectivity index (χ0v) is 20.3. The van der Waals surface area contributed by atoms with Gasteiger partial charge in [0.2, 0.25) is 0 Å². The number of aromatic nitrogens is 1. The predicted molar refractivity (Wildman–Crippen MR) is 133 cm³/mol. The summed E-state index contributed by atoms with van der Waals surface area (Å²) in [7, 11) is 0. The zero-order valence-electron chi connectivity index (χ0n) is 19.5. The molecule has 2 heterocycles. The topological polar surface area (TPSA) is 60.7 Å². The number of rotatable bonds is 5. The van der Waals surface area contributed by atoms with Gasteiger partial charge in [-0.05, 0) is 54.0 Å². The van der Waals surface area contributed by atoms with Crippen molar-refractivity contribution in [1.29, 1.82) is 0 Å². The summed E-state index contributed by atoms with van der Waals surface area (Å²) in [5.41, 5.74) is 1.59. The minimum Gasteiger partial charge on any atom is -0.457 e. The second-order valence-electron chi connectivity index (χ2n) is 8.37. The van der Waals surface area contributed by atoms with E-state index in [2.05, 4.69) is 4.99 Å². The van der Waals surface area contributed by atoms with Crippen LogP contribution in [0.2, 0.25) is 0 Å². The number of allylic oxidation sites excluding steroid dienone is 1. The molecule has 0 saturated heterocycles. The number of carbonyl (C=O) groups excluding carboxylic acids is 1. The highest BCUT2D eigenvalue weighted by Crippen LogP contribution is 2.31. The van der Waals surface area contributed by atoms with Gasteiger partial charge in [0.05, 0.1) is 21.8 Å². The number of ether oxygens (including phenoxy) is 1. The molecule has 5 nitrogen and oxygen atoms in total. The second kappa shape index (κ2) is 10.0. The Kier molecular flexibility index (Phi) is 6.62. The average Bonchev–Trinajstić information content (AvgIpc) is 3.19. The normalized spacial score (nSPS) is 15.4. The first-order valence-electron chi connectivity index (χ1n) is 11.3. The van der Waals surface area contributed by atoms with Crippen molar-refractivity contribution in [2.45, 2.75) is 19.6 Å². The van der Waals surface area contributed by atoms with E-state index >= 15 is 0 Å². The van der Waals surface area contributed by atoms with Gasteiger partial charge in [-0.25, -0.2) is 23.0 Å². The van der Waals surface area contributed by atoms with Crippen LogP contribution in [0.4, 0.5) is 13.2 Å². The molecule has 0 amide bonds. The number of hydrogen-bond acceptors (Lipinski definition) is 5. The van der Waals surface area contributed by atoms with E-state index in [0.717, 1.165) is 29.0 Å². The maximum absolute atomic E-state index is 13.7. The van der Waals surface area contributed by atoms with Gasteiger partial charge in [-0.1, -0.05) is 59.9 Å². The molecule has 9 heteroatoms. The van der Waals surface area contributed by atoms with Crippen LogP contribution in [0.15, 0.2) is 93.9 Å². The number of halogens is 3. The standard InChI is InChI=1S/C28H19F3N2O3S/c1-16-24(27(35)36-15-17-5-3-2-4-6-17)25(19-8-10-20(29)11-9-19)33-26(34)23(37-28(33)32-16)14-18-7-12-21(30)22(31)13-18/h2-14,25H,15H2,1H3/b23-14-. The number of benzene rings is 3. The largest absolute Gasteiger partial charge is 0.457 e. The van der Waals surface area contributed by atoms with Gasteiger partial charge in [0.25, 0.3) is 5.56 Å². The smallest absolute Gasteiger partial charge is 0.338 e. The van der Waals surface area contributed by atoms with E-state index in [0.29, 0.717) is 21.6 Å². The highest BCUT2D eigenvalue weighted by Gasteiger charge is 2.33. The molecule has 0 fully saturated rings. The van der Waals surface area contributed by atoms with E-state index in [1.165, 1.54) is 41.0 Å². The molecule has 3 aromatic carbocycles. The summed E-state index contributed by atoms with van der Waals surface area (Å²) in [5.74, 6) is -3.16. The van der Waals surface area contributed by atoms with Gasteiger partial charge >= 0.3 is 5.97 Å². The van der Waals surface area contributed by atoms with E-state index in [9.17, 15) is 22.8 Å². The van der Waals surface area contributed by atoms with Crippen molar-refractivity contribution in [3.05, 3.63) is 138 Å². The highest BCUT2D eigenvalue weighted by molar-refractivity contribution is 7.07. The Morgan fingerprint density at radius 2 is 1.76 bits per heavy atom. The molecule has 0 aliphatic carbocycles. The van der Waals surface area contributed by atoms with Gasteiger partial charge in [-0.2, -0.15) is 0 Å². The van der Waals surface area contributed by atoms with Crippen LogP contribution in [0.5, 0.6) is 0 Å². The van der Waals surface area contributed by atoms with Crippen molar-refractivity contribution in [2.75, 3.05) is 0 Å². The maximum atomic E-state index is 13.7. The van der Waals surface area contributed by atoms with Crippen LogP contribution in [-0.2, 0) is 16.1 Å². The number of fused-ring (bicyclic) bond motifs is 1. The zero-order chi connectivity index (χ0) is 26.1. The fourth-order valence-electron chi connectivity index (χ4n) is 4.10. The molecule has 0 radical (unpaired) electrons. The number of nitrogens with zero attached hydrogens (tertiary/aromatic N) is 2. The first-order valence-corrected chi connectivity index (χ1v) is 12.1. The third-order valence-corrected chi connectivity index (χ3v) is 6.86. The van der Waals surface area contributed by atoms with Crippen molar-refractivity contribution in [2.24, 2.45) is 4.99 Å². The molecule has 5 rings (SSSR count). The molecule has 0 spiro atoms. The van der Waals surface area contributed by atoms with Gasteiger partial charge in [0.15, 0.2) is 16.4 Å². The summed E-state index contributed by atoms with van der Waals surface area (Å²) in [6.45, 7) is 1.66. The molecule has 0 bridgehead atoms. The van der Waals surface area contributed by atoms with E-state index < -0.39 is 35.0 Å². The van der Waals surface area contributed by atoms with Gasteiger partial charge in [-0.3, -0.25) is 9.36 Å². The minimum absolute atomic E-state index is 0.0210.